The van der Waals surface area contributed by atoms with Crippen molar-refractivity contribution in [2.45, 2.75) is 12.6 Å². The number of hydrogen-bond acceptors (Lipinski definition) is 3. The van der Waals surface area contributed by atoms with Gasteiger partial charge < -0.3 is 4.74 Å². The maximum absolute atomic E-state index is 13.7. The minimum atomic E-state index is -0.674. The van der Waals surface area contributed by atoms with Gasteiger partial charge in [0.25, 0.3) is 0 Å². The van der Waals surface area contributed by atoms with Crippen LogP contribution in [-0.4, -0.2) is 13.1 Å². The number of hydrogen-bond donors (Lipinski definition) is 1. The van der Waals surface area contributed by atoms with Crippen LogP contribution in [0.2, 0.25) is 5.02 Å². The second kappa shape index (κ2) is 7.20. The third-order valence-electron chi connectivity index (χ3n) is 3.11. The number of esters is 1. The van der Waals surface area contributed by atoms with Crippen LogP contribution in [0.15, 0.2) is 48.5 Å². The van der Waals surface area contributed by atoms with Gasteiger partial charge in [-0.1, -0.05) is 48.0 Å². The molecule has 0 saturated carbocycles. The van der Waals surface area contributed by atoms with E-state index in [0.717, 1.165) is 5.56 Å². The number of carbonyl (C=O) groups excluding carboxylic acids is 1. The van der Waals surface area contributed by atoms with Gasteiger partial charge in [-0.2, -0.15) is 0 Å². The molecule has 0 radical (unpaired) electrons. The molecule has 0 aliphatic heterocycles. The Morgan fingerprint density at radius 3 is 2.57 bits per heavy atom. The Bertz CT molecular complexity index is 599. The molecule has 1 unspecified atom stereocenters. The standard InChI is InChI=1S/C16H15ClFNO2/c1-21-16(20)15(11-6-3-2-4-7-11)19-10-12-13(17)8-5-9-14(12)18/h2-9,15,19H,10H2,1H3. The number of rotatable bonds is 5. The molecule has 2 rings (SSSR count). The second-order valence-electron chi connectivity index (χ2n) is 4.45. The fraction of sp³-hybridized carbons (Fsp3) is 0.188. The van der Waals surface area contributed by atoms with Crippen molar-refractivity contribution in [2.24, 2.45) is 0 Å². The fourth-order valence-corrected chi connectivity index (χ4v) is 2.24. The highest BCUT2D eigenvalue weighted by Crippen LogP contribution is 2.21. The first kappa shape index (κ1) is 15.5. The van der Waals surface area contributed by atoms with E-state index in [2.05, 4.69) is 5.32 Å². The number of carbonyl (C=O) groups is 1. The third kappa shape index (κ3) is 3.80. The Hall–Kier alpha value is -1.91. The average Bonchev–Trinajstić information content (AvgIpc) is 2.50. The minimum Gasteiger partial charge on any atom is -0.468 e. The summed E-state index contributed by atoms with van der Waals surface area (Å²) in [6, 6.07) is 12.9. The van der Waals surface area contributed by atoms with Gasteiger partial charge >= 0.3 is 5.97 Å². The number of halogens is 2. The summed E-state index contributed by atoms with van der Waals surface area (Å²) in [7, 11) is 1.32. The van der Waals surface area contributed by atoms with Crippen molar-refractivity contribution in [3.63, 3.8) is 0 Å². The van der Waals surface area contributed by atoms with E-state index < -0.39 is 17.8 Å². The molecule has 0 aliphatic carbocycles. The zero-order valence-electron chi connectivity index (χ0n) is 11.5. The van der Waals surface area contributed by atoms with Crippen LogP contribution in [0.5, 0.6) is 0 Å². The monoisotopic (exact) mass is 307 g/mol. The smallest absolute Gasteiger partial charge is 0.327 e. The molecule has 2 aromatic rings. The molecule has 21 heavy (non-hydrogen) atoms. The van der Waals surface area contributed by atoms with Crippen LogP contribution in [0.3, 0.4) is 0 Å². The molecule has 110 valence electrons. The van der Waals surface area contributed by atoms with E-state index in [0.29, 0.717) is 10.6 Å². The Morgan fingerprint density at radius 2 is 1.95 bits per heavy atom. The lowest BCUT2D eigenvalue weighted by Gasteiger charge is -2.17. The molecule has 0 aliphatic rings. The molecule has 0 aromatic heterocycles. The highest BCUT2D eigenvalue weighted by molar-refractivity contribution is 6.31. The van der Waals surface area contributed by atoms with Gasteiger partial charge in [-0.15, -0.1) is 0 Å². The summed E-state index contributed by atoms with van der Waals surface area (Å²) in [5.74, 6) is -0.847. The summed E-state index contributed by atoms with van der Waals surface area (Å²) in [6.45, 7) is 0.125. The van der Waals surface area contributed by atoms with Gasteiger partial charge in [0.05, 0.1) is 7.11 Å². The van der Waals surface area contributed by atoms with Gasteiger partial charge in [0.15, 0.2) is 0 Å². The van der Waals surface area contributed by atoms with Crippen LogP contribution < -0.4 is 5.32 Å². The molecule has 0 fully saturated rings. The first-order valence-electron chi connectivity index (χ1n) is 6.42. The second-order valence-corrected chi connectivity index (χ2v) is 4.86. The van der Waals surface area contributed by atoms with E-state index in [1.807, 2.05) is 18.2 Å². The van der Waals surface area contributed by atoms with Crippen molar-refractivity contribution >= 4 is 17.6 Å². The van der Waals surface area contributed by atoms with Gasteiger partial charge in [-0.25, -0.2) is 9.18 Å². The normalized spacial score (nSPS) is 12.0. The van der Waals surface area contributed by atoms with Crippen molar-refractivity contribution in [2.75, 3.05) is 7.11 Å². The van der Waals surface area contributed by atoms with Gasteiger partial charge in [-0.05, 0) is 17.7 Å². The summed E-state index contributed by atoms with van der Waals surface area (Å²) in [5.41, 5.74) is 1.07. The quantitative estimate of drug-likeness (QED) is 0.859. The van der Waals surface area contributed by atoms with Crippen LogP contribution in [0.25, 0.3) is 0 Å². The van der Waals surface area contributed by atoms with E-state index in [4.69, 9.17) is 16.3 Å². The fourth-order valence-electron chi connectivity index (χ4n) is 2.01. The molecule has 2 aromatic carbocycles. The lowest BCUT2D eigenvalue weighted by Crippen LogP contribution is -2.29. The van der Waals surface area contributed by atoms with Crippen LogP contribution >= 0.6 is 11.6 Å². The van der Waals surface area contributed by atoms with Crippen molar-refractivity contribution < 1.29 is 13.9 Å². The zero-order valence-corrected chi connectivity index (χ0v) is 12.2. The molecule has 0 heterocycles. The molecule has 1 N–H and O–H groups in total. The van der Waals surface area contributed by atoms with Crippen molar-refractivity contribution in [3.8, 4) is 0 Å². The van der Waals surface area contributed by atoms with Crippen LogP contribution in [-0.2, 0) is 16.1 Å². The average molecular weight is 308 g/mol. The SMILES string of the molecule is COC(=O)C(NCc1c(F)cccc1Cl)c1ccccc1. The lowest BCUT2D eigenvalue weighted by molar-refractivity contribution is -0.143. The Kier molecular flexibility index (Phi) is 5.31. The summed E-state index contributed by atoms with van der Waals surface area (Å²) >= 11 is 5.98. The molecule has 0 bridgehead atoms. The van der Waals surface area contributed by atoms with Crippen LogP contribution in [0.4, 0.5) is 4.39 Å². The number of ether oxygens (including phenoxy) is 1. The zero-order chi connectivity index (χ0) is 15.2. The predicted molar refractivity (Wildman–Crippen MR) is 79.4 cm³/mol. The molecule has 0 amide bonds. The van der Waals surface area contributed by atoms with Crippen LogP contribution in [0.1, 0.15) is 17.2 Å². The topological polar surface area (TPSA) is 38.3 Å². The Labute approximate surface area is 127 Å². The van der Waals surface area contributed by atoms with Gasteiger partial charge in [0.2, 0.25) is 0 Å². The first-order valence-corrected chi connectivity index (χ1v) is 6.80. The van der Waals surface area contributed by atoms with Gasteiger partial charge in [-0.3, -0.25) is 5.32 Å². The molecule has 0 spiro atoms. The highest BCUT2D eigenvalue weighted by atomic mass is 35.5. The number of nitrogens with one attached hydrogen (secondary N) is 1. The summed E-state index contributed by atoms with van der Waals surface area (Å²) in [4.78, 5) is 11.9. The molecule has 1 atom stereocenters. The van der Waals surface area contributed by atoms with Crippen molar-refractivity contribution in [1.29, 1.82) is 0 Å². The minimum absolute atomic E-state index is 0.125. The highest BCUT2D eigenvalue weighted by Gasteiger charge is 2.21. The van der Waals surface area contributed by atoms with E-state index in [1.54, 1.807) is 18.2 Å². The molecule has 5 heteroatoms. The Morgan fingerprint density at radius 1 is 1.24 bits per heavy atom. The summed E-state index contributed by atoms with van der Waals surface area (Å²) in [5, 5.41) is 3.30. The van der Waals surface area contributed by atoms with Crippen molar-refractivity contribution in [1.82, 2.24) is 5.32 Å². The summed E-state index contributed by atoms with van der Waals surface area (Å²) < 4.78 is 18.5. The molecular formula is C16H15ClFNO2. The van der Waals surface area contributed by atoms with E-state index in [-0.39, 0.29) is 6.54 Å². The maximum atomic E-state index is 13.7. The maximum Gasteiger partial charge on any atom is 0.327 e. The first-order chi connectivity index (χ1) is 10.1. The lowest BCUT2D eigenvalue weighted by atomic mass is 10.1. The molecular weight excluding hydrogens is 293 g/mol. The van der Waals surface area contributed by atoms with E-state index >= 15 is 0 Å². The van der Waals surface area contributed by atoms with E-state index in [9.17, 15) is 9.18 Å². The molecule has 3 nitrogen and oxygen atoms in total. The summed E-state index contributed by atoms with van der Waals surface area (Å²) in [6.07, 6.45) is 0. The largest absolute Gasteiger partial charge is 0.468 e. The number of methoxy groups -OCH3 is 1. The van der Waals surface area contributed by atoms with Crippen LogP contribution in [0, 0.1) is 5.82 Å². The van der Waals surface area contributed by atoms with E-state index in [1.165, 1.54) is 19.2 Å². The van der Waals surface area contributed by atoms with Crippen molar-refractivity contribution in [3.05, 3.63) is 70.5 Å². The molecule has 0 saturated heterocycles. The number of benzene rings is 2. The Balaban J connectivity index is 2.19. The van der Waals surface area contributed by atoms with Gasteiger partial charge in [0.1, 0.15) is 11.9 Å². The third-order valence-corrected chi connectivity index (χ3v) is 3.47. The van der Waals surface area contributed by atoms with Gasteiger partial charge in [0, 0.05) is 17.1 Å². The predicted octanol–water partition coefficient (Wildman–Crippen LogP) is 3.48.